The van der Waals surface area contributed by atoms with Gasteiger partial charge in [-0.1, -0.05) is 19.9 Å². The summed E-state index contributed by atoms with van der Waals surface area (Å²) in [5.74, 6) is 0. The Morgan fingerprint density at radius 1 is 0.950 bits per heavy atom. The molecule has 10 heteroatoms. The average molecular weight is 464 g/mol. The third-order valence-electron chi connectivity index (χ3n) is 0.865. The van der Waals surface area contributed by atoms with E-state index in [4.69, 9.17) is 0 Å². The molecule has 0 aromatic heterocycles. The Kier molecular flexibility index (Phi) is 30.6. The second kappa shape index (κ2) is 21.5. The predicted molar refractivity (Wildman–Crippen MR) is 102 cm³/mol. The molecule has 0 radical (unpaired) electrons. The van der Waals surface area contributed by atoms with E-state index in [0.29, 0.717) is 0 Å². The van der Waals surface area contributed by atoms with E-state index in [-0.39, 0.29) is 34.0 Å². The molecule has 1 rings (SSSR count). The molecule has 0 aliphatic carbocycles. The largest absolute Gasteiger partial charge is 4.00 e. The summed E-state index contributed by atoms with van der Waals surface area (Å²) in [6, 6.07) is 10.9. The molecular weight excluding hydrogens is 450 g/mol. The van der Waals surface area contributed by atoms with E-state index in [2.05, 4.69) is 97.8 Å². The molecule has 0 spiro atoms. The molecule has 110 valence electrons. The van der Waals surface area contributed by atoms with Gasteiger partial charge in [-0.25, -0.2) is 0 Å². The zero-order chi connectivity index (χ0) is 15.8. The van der Waals surface area contributed by atoms with E-state index < -0.39 is 0 Å². The van der Waals surface area contributed by atoms with Crippen LogP contribution in [0.2, 0.25) is 0 Å². The van der Waals surface area contributed by atoms with Crippen LogP contribution in [0, 0.1) is 13.0 Å². The minimum atomic E-state index is 0. The molecule has 0 saturated heterocycles. The molecule has 3 nitrogen and oxygen atoms in total. The van der Waals surface area contributed by atoms with Crippen molar-refractivity contribution in [2.75, 3.05) is 0 Å². The van der Waals surface area contributed by atoms with E-state index in [1.54, 1.807) is 0 Å². The monoisotopic (exact) mass is 465 g/mol. The first-order chi connectivity index (χ1) is 8.59. The van der Waals surface area contributed by atoms with Crippen molar-refractivity contribution in [3.63, 3.8) is 0 Å². The number of hydrogen-bond acceptors (Lipinski definition) is 6. The van der Waals surface area contributed by atoms with Gasteiger partial charge in [0, 0.05) is 0 Å². The molecule has 1 aromatic rings. The molecule has 0 atom stereocenters. The van der Waals surface area contributed by atoms with Crippen molar-refractivity contribution in [2.24, 2.45) is 17.2 Å². The number of nitrogens with two attached hydrogens (primary N) is 3. The van der Waals surface area contributed by atoms with Crippen molar-refractivity contribution >= 4 is 87.5 Å². The van der Waals surface area contributed by atoms with Crippen LogP contribution in [0.4, 0.5) is 0 Å². The van der Waals surface area contributed by atoms with Gasteiger partial charge in [-0.05, 0) is 0 Å². The molecule has 0 bridgehead atoms. The first-order valence-electron chi connectivity index (χ1n) is 4.42. The van der Waals surface area contributed by atoms with E-state index in [0.717, 1.165) is 0 Å². The van der Waals surface area contributed by atoms with Crippen LogP contribution in [0.3, 0.4) is 0 Å². The molecular formula is C10H13MoN3S6. The second-order valence-electron chi connectivity index (χ2n) is 2.50. The quantitative estimate of drug-likeness (QED) is 0.227. The number of aryl methyl sites for hydroxylation is 1. The summed E-state index contributed by atoms with van der Waals surface area (Å²) in [6.45, 7) is 2.03. The standard InChI is InChI=1S/C7H7.3CH3NS2.Mo/c1-7-5-3-2-4-6-7;3*2-1(3)4;/h2-5H,1H3;3*(H3,2,3,4);/q-1;;;;+4/p-3. The van der Waals surface area contributed by atoms with Gasteiger partial charge >= 0.3 is 21.1 Å². The van der Waals surface area contributed by atoms with Crippen LogP contribution in [0.1, 0.15) is 5.56 Å². The minimum absolute atomic E-state index is 0. The fourth-order valence-corrected chi connectivity index (χ4v) is 0.483. The van der Waals surface area contributed by atoms with Crippen LogP contribution in [0.15, 0.2) is 24.3 Å². The van der Waals surface area contributed by atoms with Crippen LogP contribution in [-0.4, -0.2) is 13.0 Å². The van der Waals surface area contributed by atoms with Gasteiger partial charge in [0.2, 0.25) is 0 Å². The maximum Gasteiger partial charge on any atom is 4.00 e. The third-order valence-corrected chi connectivity index (χ3v) is 0.865. The summed E-state index contributed by atoms with van der Waals surface area (Å²) in [7, 11) is 0. The molecule has 0 heterocycles. The molecule has 0 aliphatic rings. The topological polar surface area (TPSA) is 78.1 Å². The first-order valence-corrected chi connectivity index (χ1v) is 6.87. The normalized spacial score (nSPS) is 6.65. The van der Waals surface area contributed by atoms with Gasteiger partial charge in [-0.3, -0.25) is 0 Å². The smallest absolute Gasteiger partial charge is 0.415 e. The van der Waals surface area contributed by atoms with Crippen LogP contribution in [0.5, 0.6) is 0 Å². The van der Waals surface area contributed by atoms with Crippen LogP contribution < -0.4 is 17.2 Å². The Morgan fingerprint density at radius 2 is 1.25 bits per heavy atom. The second-order valence-corrected chi connectivity index (χ2v) is 5.92. The van der Waals surface area contributed by atoms with E-state index >= 15 is 0 Å². The maximum atomic E-state index is 4.66. The molecule has 0 aliphatic heterocycles. The van der Waals surface area contributed by atoms with E-state index in [9.17, 15) is 0 Å². The van der Waals surface area contributed by atoms with Gasteiger partial charge in [0.25, 0.3) is 0 Å². The Bertz CT molecular complexity index is 334. The molecule has 0 fully saturated rings. The van der Waals surface area contributed by atoms with Crippen molar-refractivity contribution in [1.82, 2.24) is 0 Å². The summed E-state index contributed by atoms with van der Waals surface area (Å²) >= 11 is 24.8. The van der Waals surface area contributed by atoms with Crippen molar-refractivity contribution in [3.05, 3.63) is 35.9 Å². The summed E-state index contributed by atoms with van der Waals surface area (Å²) in [5, 5.41) is 0. The SMILES string of the molecule is Cc1[c-]cccc1.NC(=S)[S-].NC(=S)[S-].NC(=S)[S-].[Mo+4]. The third kappa shape index (κ3) is 79.9. The summed E-state index contributed by atoms with van der Waals surface area (Å²) in [4.78, 5) is 0. The van der Waals surface area contributed by atoms with Gasteiger partial charge in [0.1, 0.15) is 0 Å². The van der Waals surface area contributed by atoms with Crippen molar-refractivity contribution < 1.29 is 21.1 Å². The Morgan fingerprint density at radius 3 is 1.35 bits per heavy atom. The van der Waals surface area contributed by atoms with Crippen molar-refractivity contribution in [1.29, 1.82) is 0 Å². The fraction of sp³-hybridized carbons (Fsp3) is 0.100. The van der Waals surface area contributed by atoms with Crippen LogP contribution in [-0.2, 0) is 59.0 Å². The number of benzene rings is 1. The van der Waals surface area contributed by atoms with Gasteiger partial charge in [-0.2, -0.15) is 35.9 Å². The zero-order valence-electron chi connectivity index (χ0n) is 10.4. The zero-order valence-corrected chi connectivity index (χ0v) is 17.3. The molecule has 0 unspecified atom stereocenters. The summed E-state index contributed by atoms with van der Waals surface area (Å²) < 4.78 is 0.250. The Hall–Kier alpha value is 0.238. The summed E-state index contributed by atoms with van der Waals surface area (Å²) in [6.07, 6.45) is 0. The molecule has 1 aromatic carbocycles. The molecule has 0 amide bonds. The minimum Gasteiger partial charge on any atom is -0.415 e. The fourth-order valence-electron chi connectivity index (χ4n) is 0.483. The van der Waals surface area contributed by atoms with Gasteiger partial charge < -0.3 is 91.7 Å². The van der Waals surface area contributed by atoms with Crippen LogP contribution >= 0.6 is 36.7 Å². The maximum absolute atomic E-state index is 4.66. The van der Waals surface area contributed by atoms with Gasteiger partial charge in [0.05, 0.1) is 0 Å². The van der Waals surface area contributed by atoms with Gasteiger partial charge in [-0.15, -0.1) is 0 Å². The number of thiocarbonyl (C=S) groups is 3. The van der Waals surface area contributed by atoms with Gasteiger partial charge in [0.15, 0.2) is 0 Å². The molecule has 6 N–H and O–H groups in total. The first kappa shape index (κ1) is 28.4. The number of rotatable bonds is 0. The Balaban J connectivity index is -0.0000000881. The Labute approximate surface area is 167 Å². The van der Waals surface area contributed by atoms with E-state index in [1.807, 2.05) is 31.2 Å². The average Bonchev–Trinajstić information content (AvgIpc) is 2.15. The van der Waals surface area contributed by atoms with E-state index in [1.165, 1.54) is 5.56 Å². The molecule has 20 heavy (non-hydrogen) atoms. The van der Waals surface area contributed by atoms with Crippen molar-refractivity contribution in [2.45, 2.75) is 6.92 Å². The van der Waals surface area contributed by atoms with Crippen LogP contribution in [0.25, 0.3) is 0 Å². The number of hydrogen-bond donors (Lipinski definition) is 3. The summed E-state index contributed by atoms with van der Waals surface area (Å²) in [5.41, 5.74) is 15.2. The van der Waals surface area contributed by atoms with Crippen molar-refractivity contribution in [3.8, 4) is 0 Å². The predicted octanol–water partition coefficient (Wildman–Crippen LogP) is 1.12. The molecule has 0 saturated carbocycles.